The summed E-state index contributed by atoms with van der Waals surface area (Å²) in [7, 11) is 0. The quantitative estimate of drug-likeness (QED) is 0.734. The number of nitrogens with zero attached hydrogens (tertiary/aromatic N) is 2. The van der Waals surface area contributed by atoms with Crippen molar-refractivity contribution in [3.63, 3.8) is 0 Å². The van der Waals surface area contributed by atoms with Gasteiger partial charge in [-0.05, 0) is 38.3 Å². The van der Waals surface area contributed by atoms with Crippen LogP contribution in [0.5, 0.6) is 0 Å². The summed E-state index contributed by atoms with van der Waals surface area (Å²) in [5, 5.41) is 14.4. The Morgan fingerprint density at radius 1 is 1.38 bits per heavy atom. The van der Waals surface area contributed by atoms with Crippen LogP contribution in [0.15, 0.2) is 24.3 Å². The van der Waals surface area contributed by atoms with Crippen LogP contribution in [-0.2, 0) is 9.59 Å². The summed E-state index contributed by atoms with van der Waals surface area (Å²) >= 11 is 0. The number of benzene rings is 1. The van der Waals surface area contributed by atoms with Gasteiger partial charge >= 0.3 is 0 Å². The number of hydrogen-bond donors (Lipinski definition) is 2. The van der Waals surface area contributed by atoms with Crippen molar-refractivity contribution in [2.24, 2.45) is 0 Å². The molecule has 1 aliphatic rings. The number of para-hydroxylation sites is 1. The van der Waals surface area contributed by atoms with Crippen LogP contribution in [0.1, 0.15) is 51.5 Å². The zero-order chi connectivity index (χ0) is 19.1. The number of nitrogens with one attached hydrogen (secondary N) is 2. The molecule has 6 heteroatoms. The second-order valence-corrected chi connectivity index (χ2v) is 6.90. The lowest BCUT2D eigenvalue weighted by atomic mass is 9.85. The van der Waals surface area contributed by atoms with Crippen LogP contribution in [0.3, 0.4) is 0 Å². The molecule has 0 radical (unpaired) electrons. The number of anilines is 1. The van der Waals surface area contributed by atoms with E-state index in [0.29, 0.717) is 19.4 Å². The summed E-state index contributed by atoms with van der Waals surface area (Å²) in [5.74, 6) is -0.255. The Balaban J connectivity index is 2.17. The third kappa shape index (κ3) is 4.75. The molecule has 140 valence electrons. The van der Waals surface area contributed by atoms with Crippen molar-refractivity contribution in [1.82, 2.24) is 10.6 Å². The van der Waals surface area contributed by atoms with Crippen LogP contribution in [0, 0.1) is 11.3 Å². The van der Waals surface area contributed by atoms with Crippen molar-refractivity contribution in [2.45, 2.75) is 58.0 Å². The fraction of sp³-hybridized carbons (Fsp3) is 0.550. The maximum Gasteiger partial charge on any atom is 0.239 e. The van der Waals surface area contributed by atoms with Crippen molar-refractivity contribution >= 4 is 17.5 Å². The van der Waals surface area contributed by atoms with Gasteiger partial charge in [0.05, 0.1) is 25.0 Å². The molecule has 26 heavy (non-hydrogen) atoms. The third-order valence-corrected chi connectivity index (χ3v) is 4.92. The van der Waals surface area contributed by atoms with Gasteiger partial charge in [0.2, 0.25) is 11.8 Å². The number of fused-ring (bicyclic) bond motifs is 1. The predicted molar refractivity (Wildman–Crippen MR) is 102 cm³/mol. The van der Waals surface area contributed by atoms with Crippen LogP contribution in [0.2, 0.25) is 0 Å². The van der Waals surface area contributed by atoms with Crippen LogP contribution in [-0.4, -0.2) is 37.0 Å². The van der Waals surface area contributed by atoms with E-state index < -0.39 is 0 Å². The number of carbonyl (C=O) groups is 2. The first-order valence-corrected chi connectivity index (χ1v) is 9.27. The van der Waals surface area contributed by atoms with Crippen molar-refractivity contribution in [1.29, 1.82) is 5.26 Å². The maximum absolute atomic E-state index is 12.7. The number of carbonyl (C=O) groups excluding carboxylic acids is 2. The van der Waals surface area contributed by atoms with Crippen molar-refractivity contribution in [2.75, 3.05) is 18.0 Å². The third-order valence-electron chi connectivity index (χ3n) is 4.92. The highest BCUT2D eigenvalue weighted by atomic mass is 16.2. The predicted octanol–water partition coefficient (Wildman–Crippen LogP) is 2.31. The molecule has 2 rings (SSSR count). The van der Waals surface area contributed by atoms with Gasteiger partial charge in [-0.3, -0.25) is 9.59 Å². The zero-order valence-corrected chi connectivity index (χ0v) is 15.8. The first-order valence-electron chi connectivity index (χ1n) is 9.27. The second kappa shape index (κ2) is 9.23. The Morgan fingerprint density at radius 3 is 2.81 bits per heavy atom. The summed E-state index contributed by atoms with van der Waals surface area (Å²) in [5.41, 5.74) is 1.90. The van der Waals surface area contributed by atoms with Crippen molar-refractivity contribution in [3.05, 3.63) is 29.8 Å². The summed E-state index contributed by atoms with van der Waals surface area (Å²) in [6.07, 6.45) is 1.87. The van der Waals surface area contributed by atoms with E-state index in [2.05, 4.69) is 17.6 Å². The van der Waals surface area contributed by atoms with Crippen LogP contribution >= 0.6 is 0 Å². The molecule has 0 unspecified atom stereocenters. The van der Waals surface area contributed by atoms with Gasteiger partial charge in [0.15, 0.2) is 0 Å². The molecule has 1 aliphatic heterocycles. The van der Waals surface area contributed by atoms with Crippen molar-refractivity contribution < 1.29 is 9.59 Å². The number of rotatable bonds is 7. The molecule has 1 aromatic carbocycles. The number of nitriles is 1. The van der Waals surface area contributed by atoms with Crippen molar-refractivity contribution in [3.8, 4) is 6.07 Å². The highest BCUT2D eigenvalue weighted by molar-refractivity contribution is 5.88. The van der Waals surface area contributed by atoms with Crippen LogP contribution < -0.4 is 15.5 Å². The van der Waals surface area contributed by atoms with Gasteiger partial charge in [-0.1, -0.05) is 25.1 Å². The van der Waals surface area contributed by atoms with E-state index in [9.17, 15) is 9.59 Å². The summed E-state index contributed by atoms with van der Waals surface area (Å²) in [4.78, 5) is 27.0. The van der Waals surface area contributed by atoms with E-state index in [0.717, 1.165) is 17.7 Å². The van der Waals surface area contributed by atoms with Gasteiger partial charge in [0.25, 0.3) is 0 Å². The first-order chi connectivity index (χ1) is 12.5. The maximum atomic E-state index is 12.7. The van der Waals surface area contributed by atoms with Gasteiger partial charge < -0.3 is 15.5 Å². The molecule has 0 aliphatic carbocycles. The molecule has 1 aromatic rings. The van der Waals surface area contributed by atoms with E-state index >= 15 is 0 Å². The molecular formula is C20H28N4O2. The topological polar surface area (TPSA) is 85.2 Å². The minimum atomic E-state index is -0.201. The number of amides is 2. The Labute approximate surface area is 155 Å². The molecule has 2 amide bonds. The SMILES string of the molecule is CC[C@H](C)NC(=O)[C@@H]1C[C@@H](C)N(CC(=O)NCCC#N)c2ccccc21. The molecule has 3 atom stereocenters. The molecular weight excluding hydrogens is 328 g/mol. The zero-order valence-electron chi connectivity index (χ0n) is 15.8. The summed E-state index contributed by atoms with van der Waals surface area (Å²) in [6.45, 7) is 6.69. The average molecular weight is 356 g/mol. The summed E-state index contributed by atoms with van der Waals surface area (Å²) in [6, 6.07) is 10.0. The lowest BCUT2D eigenvalue weighted by Gasteiger charge is -2.40. The van der Waals surface area contributed by atoms with Gasteiger partial charge in [0, 0.05) is 24.3 Å². The van der Waals surface area contributed by atoms with E-state index in [1.165, 1.54) is 0 Å². The molecule has 2 N–H and O–H groups in total. The Hall–Kier alpha value is -2.55. The fourth-order valence-electron chi connectivity index (χ4n) is 3.28. The van der Waals surface area contributed by atoms with Gasteiger partial charge in [-0.2, -0.15) is 5.26 Å². The van der Waals surface area contributed by atoms with Crippen LogP contribution in [0.25, 0.3) is 0 Å². The normalized spacial score (nSPS) is 19.8. The lowest BCUT2D eigenvalue weighted by Crippen LogP contribution is -2.48. The van der Waals surface area contributed by atoms with Gasteiger partial charge in [-0.25, -0.2) is 0 Å². The highest BCUT2D eigenvalue weighted by Crippen LogP contribution is 2.38. The highest BCUT2D eigenvalue weighted by Gasteiger charge is 2.34. The molecule has 0 spiro atoms. The smallest absolute Gasteiger partial charge is 0.239 e. The molecule has 6 nitrogen and oxygen atoms in total. The molecule has 0 fully saturated rings. The Kier molecular flexibility index (Phi) is 7.02. The monoisotopic (exact) mass is 356 g/mol. The molecule has 0 saturated carbocycles. The van der Waals surface area contributed by atoms with Gasteiger partial charge in [0.1, 0.15) is 0 Å². The van der Waals surface area contributed by atoms with E-state index in [1.54, 1.807) is 0 Å². The Morgan fingerprint density at radius 2 is 2.12 bits per heavy atom. The molecule has 0 saturated heterocycles. The number of hydrogen-bond acceptors (Lipinski definition) is 4. The molecule has 0 aromatic heterocycles. The lowest BCUT2D eigenvalue weighted by molar-refractivity contribution is -0.123. The first kappa shape index (κ1) is 19.8. The standard InChI is InChI=1S/C20H28N4O2/c1-4-14(2)23-20(26)17-12-15(3)24(13-19(25)22-11-7-10-21)18-9-6-5-8-16(17)18/h5-6,8-9,14-15,17H,4,7,11-13H2,1-3H3,(H,22,25)(H,23,26)/t14-,15+,17+/m0/s1. The van der Waals surface area contributed by atoms with E-state index in [-0.39, 0.29) is 36.4 Å². The van der Waals surface area contributed by atoms with Crippen LogP contribution in [0.4, 0.5) is 5.69 Å². The second-order valence-electron chi connectivity index (χ2n) is 6.90. The fourth-order valence-corrected chi connectivity index (χ4v) is 3.28. The molecule has 1 heterocycles. The Bertz CT molecular complexity index is 683. The summed E-state index contributed by atoms with van der Waals surface area (Å²) < 4.78 is 0. The van der Waals surface area contributed by atoms with E-state index in [4.69, 9.17) is 5.26 Å². The van der Waals surface area contributed by atoms with E-state index in [1.807, 2.05) is 49.1 Å². The average Bonchev–Trinajstić information content (AvgIpc) is 2.63. The minimum absolute atomic E-state index is 0.0526. The van der Waals surface area contributed by atoms with Gasteiger partial charge in [-0.15, -0.1) is 0 Å². The largest absolute Gasteiger partial charge is 0.359 e. The molecule has 0 bridgehead atoms. The minimum Gasteiger partial charge on any atom is -0.359 e.